The standard InChI is InChI=1S/C8H16IO/c1-2-3-5-8(10)6-4-7-9/h8H,2-7H2,1H3. The largest absolute Gasteiger partial charge is 0.233 e. The maximum absolute atomic E-state index is 11.0. The number of alkyl halides is 1. The Labute approximate surface area is 77.3 Å². The van der Waals surface area contributed by atoms with Gasteiger partial charge in [-0.2, -0.15) is 0 Å². The van der Waals surface area contributed by atoms with Crippen molar-refractivity contribution in [3.8, 4) is 0 Å². The molecule has 0 spiro atoms. The summed E-state index contributed by atoms with van der Waals surface area (Å²) in [4.78, 5) is 0. The summed E-state index contributed by atoms with van der Waals surface area (Å²) in [7, 11) is 0. The van der Waals surface area contributed by atoms with Crippen LogP contribution in [-0.4, -0.2) is 10.5 Å². The molecule has 0 aromatic heterocycles. The Kier molecular flexibility index (Phi) is 8.33. The molecule has 0 heterocycles. The highest BCUT2D eigenvalue weighted by molar-refractivity contribution is 14.1. The third kappa shape index (κ3) is 6.81. The topological polar surface area (TPSA) is 19.9 Å². The normalized spacial score (nSPS) is 13.5. The smallest absolute Gasteiger partial charge is 0.0930 e. The summed E-state index contributed by atoms with van der Waals surface area (Å²) in [5.41, 5.74) is 0. The maximum Gasteiger partial charge on any atom is 0.0930 e. The van der Waals surface area contributed by atoms with E-state index in [2.05, 4.69) is 29.5 Å². The lowest BCUT2D eigenvalue weighted by Crippen LogP contribution is -2.03. The van der Waals surface area contributed by atoms with Crippen molar-refractivity contribution in [3.05, 3.63) is 0 Å². The van der Waals surface area contributed by atoms with E-state index in [0.717, 1.165) is 36.5 Å². The first-order valence-corrected chi connectivity index (χ1v) is 5.55. The number of rotatable bonds is 6. The molecular weight excluding hydrogens is 239 g/mol. The molecule has 61 valence electrons. The van der Waals surface area contributed by atoms with E-state index in [9.17, 15) is 5.11 Å². The summed E-state index contributed by atoms with van der Waals surface area (Å²) in [6.07, 6.45) is 4.84. The minimum Gasteiger partial charge on any atom is -0.233 e. The van der Waals surface area contributed by atoms with Crippen LogP contribution in [0.15, 0.2) is 0 Å². The lowest BCUT2D eigenvalue weighted by Gasteiger charge is -2.04. The fourth-order valence-electron chi connectivity index (χ4n) is 0.881. The van der Waals surface area contributed by atoms with Crippen molar-refractivity contribution in [2.75, 3.05) is 4.43 Å². The molecule has 2 heteroatoms. The molecular formula is C8H16IO. The Bertz CT molecular complexity index is 58.3. The molecule has 0 N–H and O–H groups in total. The highest BCUT2D eigenvalue weighted by Crippen LogP contribution is 2.07. The highest BCUT2D eigenvalue weighted by Gasteiger charge is 2.03. The Morgan fingerprint density at radius 1 is 1.30 bits per heavy atom. The summed E-state index contributed by atoms with van der Waals surface area (Å²) in [6, 6.07) is 0. The van der Waals surface area contributed by atoms with Gasteiger partial charge in [0, 0.05) is 0 Å². The van der Waals surface area contributed by atoms with Crippen LogP contribution >= 0.6 is 22.6 Å². The van der Waals surface area contributed by atoms with Crippen LogP contribution in [0, 0.1) is 0 Å². The second-order valence-corrected chi connectivity index (χ2v) is 3.67. The minimum atomic E-state index is -0.283. The average Bonchev–Trinajstić information content (AvgIpc) is 1.97. The second kappa shape index (κ2) is 7.79. The zero-order valence-electron chi connectivity index (χ0n) is 6.61. The van der Waals surface area contributed by atoms with Crippen molar-refractivity contribution in [1.29, 1.82) is 0 Å². The fraction of sp³-hybridized carbons (Fsp3) is 1.00. The van der Waals surface area contributed by atoms with Gasteiger partial charge in [0.1, 0.15) is 0 Å². The summed E-state index contributed by atoms with van der Waals surface area (Å²) >= 11 is 2.32. The van der Waals surface area contributed by atoms with Gasteiger partial charge in [-0.15, -0.1) is 0 Å². The van der Waals surface area contributed by atoms with Crippen LogP contribution in [0.4, 0.5) is 0 Å². The number of halogens is 1. The van der Waals surface area contributed by atoms with Gasteiger partial charge in [-0.05, 0) is 23.7 Å². The maximum atomic E-state index is 11.0. The van der Waals surface area contributed by atoms with E-state index in [0.29, 0.717) is 0 Å². The van der Waals surface area contributed by atoms with Crippen LogP contribution in [0.2, 0.25) is 0 Å². The van der Waals surface area contributed by atoms with Crippen LogP contribution in [0.1, 0.15) is 39.0 Å². The quantitative estimate of drug-likeness (QED) is 0.513. The molecule has 0 bridgehead atoms. The molecule has 0 aliphatic rings. The summed E-state index contributed by atoms with van der Waals surface area (Å²) in [5, 5.41) is 11.0. The van der Waals surface area contributed by atoms with Gasteiger partial charge in [0.15, 0.2) is 0 Å². The number of unbranched alkanes of at least 4 members (excludes halogenated alkanes) is 1. The molecule has 1 radical (unpaired) electrons. The Morgan fingerprint density at radius 3 is 2.40 bits per heavy atom. The molecule has 0 aliphatic heterocycles. The lowest BCUT2D eigenvalue weighted by atomic mass is 10.1. The van der Waals surface area contributed by atoms with Crippen molar-refractivity contribution >= 4 is 22.6 Å². The number of hydrogen-bond acceptors (Lipinski definition) is 0. The van der Waals surface area contributed by atoms with E-state index in [1.165, 1.54) is 0 Å². The molecule has 1 nitrogen and oxygen atoms in total. The highest BCUT2D eigenvalue weighted by atomic mass is 127. The SMILES string of the molecule is CCCCC([O])CCCI. The second-order valence-electron chi connectivity index (χ2n) is 2.60. The Hall–Kier alpha value is 0.690. The van der Waals surface area contributed by atoms with Crippen molar-refractivity contribution < 1.29 is 5.11 Å². The Morgan fingerprint density at radius 2 is 1.90 bits per heavy atom. The van der Waals surface area contributed by atoms with Crippen LogP contribution in [0.5, 0.6) is 0 Å². The van der Waals surface area contributed by atoms with Gasteiger partial charge in [-0.1, -0.05) is 42.4 Å². The molecule has 0 rings (SSSR count). The van der Waals surface area contributed by atoms with E-state index in [1.807, 2.05) is 0 Å². The zero-order valence-corrected chi connectivity index (χ0v) is 8.76. The molecule has 0 amide bonds. The van der Waals surface area contributed by atoms with Crippen molar-refractivity contribution in [2.24, 2.45) is 0 Å². The first kappa shape index (κ1) is 10.7. The predicted molar refractivity (Wildman–Crippen MR) is 52.1 cm³/mol. The van der Waals surface area contributed by atoms with Gasteiger partial charge in [-0.3, -0.25) is 0 Å². The molecule has 1 atom stereocenters. The zero-order chi connectivity index (χ0) is 7.82. The molecule has 0 aromatic rings. The summed E-state index contributed by atoms with van der Waals surface area (Å²) < 4.78 is 1.13. The average molecular weight is 255 g/mol. The van der Waals surface area contributed by atoms with E-state index >= 15 is 0 Å². The first-order valence-electron chi connectivity index (χ1n) is 4.03. The van der Waals surface area contributed by atoms with E-state index in [4.69, 9.17) is 0 Å². The van der Waals surface area contributed by atoms with Gasteiger partial charge in [0.2, 0.25) is 0 Å². The van der Waals surface area contributed by atoms with Crippen LogP contribution in [-0.2, 0) is 5.11 Å². The molecule has 0 aliphatic carbocycles. The van der Waals surface area contributed by atoms with Crippen molar-refractivity contribution in [1.82, 2.24) is 0 Å². The molecule has 0 fully saturated rings. The molecule has 10 heavy (non-hydrogen) atoms. The third-order valence-corrected chi connectivity index (χ3v) is 2.30. The van der Waals surface area contributed by atoms with E-state index < -0.39 is 0 Å². The Balaban J connectivity index is 3.00. The molecule has 0 saturated heterocycles. The fourth-order valence-corrected chi connectivity index (χ4v) is 1.32. The molecule has 1 unspecified atom stereocenters. The van der Waals surface area contributed by atoms with Gasteiger partial charge in [-0.25, -0.2) is 5.11 Å². The lowest BCUT2D eigenvalue weighted by molar-refractivity contribution is 0.0715. The first-order chi connectivity index (χ1) is 4.81. The van der Waals surface area contributed by atoms with Gasteiger partial charge in [0.05, 0.1) is 6.10 Å². The van der Waals surface area contributed by atoms with Crippen LogP contribution in [0.3, 0.4) is 0 Å². The molecule has 0 aromatic carbocycles. The van der Waals surface area contributed by atoms with E-state index in [1.54, 1.807) is 0 Å². The number of hydrogen-bond donors (Lipinski definition) is 0. The van der Waals surface area contributed by atoms with Gasteiger partial charge >= 0.3 is 0 Å². The molecule has 0 saturated carbocycles. The van der Waals surface area contributed by atoms with E-state index in [-0.39, 0.29) is 6.10 Å². The minimum absolute atomic E-state index is 0.283. The summed E-state index contributed by atoms with van der Waals surface area (Å²) in [6.45, 7) is 2.13. The monoisotopic (exact) mass is 255 g/mol. The van der Waals surface area contributed by atoms with Crippen molar-refractivity contribution in [2.45, 2.75) is 45.1 Å². The van der Waals surface area contributed by atoms with Gasteiger partial charge < -0.3 is 0 Å². The van der Waals surface area contributed by atoms with Crippen LogP contribution in [0.25, 0.3) is 0 Å². The predicted octanol–water partition coefficient (Wildman–Crippen LogP) is 3.19. The summed E-state index contributed by atoms with van der Waals surface area (Å²) in [5.74, 6) is 0. The van der Waals surface area contributed by atoms with Crippen LogP contribution < -0.4 is 0 Å². The third-order valence-electron chi connectivity index (χ3n) is 1.54. The van der Waals surface area contributed by atoms with Gasteiger partial charge in [0.25, 0.3) is 0 Å². The van der Waals surface area contributed by atoms with Crippen molar-refractivity contribution in [3.63, 3.8) is 0 Å².